The van der Waals surface area contributed by atoms with Gasteiger partial charge in [-0.1, -0.05) is 23.8 Å². The second-order valence-electron chi connectivity index (χ2n) is 8.14. The molecule has 9 heteroatoms. The minimum absolute atomic E-state index is 0.116. The molecule has 3 aliphatic heterocycles. The predicted octanol–water partition coefficient (Wildman–Crippen LogP) is 3.45. The number of alkyl halides is 3. The number of hydrogen-bond acceptors (Lipinski definition) is 3. The van der Waals surface area contributed by atoms with Crippen molar-refractivity contribution in [3.05, 3.63) is 65.2 Å². The highest BCUT2D eigenvalue weighted by molar-refractivity contribution is 6.22. The van der Waals surface area contributed by atoms with Crippen molar-refractivity contribution in [3.63, 3.8) is 0 Å². The fourth-order valence-corrected chi connectivity index (χ4v) is 4.89. The maximum Gasteiger partial charge on any atom is 0.416 e. The van der Waals surface area contributed by atoms with E-state index < -0.39 is 35.8 Å². The van der Waals surface area contributed by atoms with Gasteiger partial charge in [0.05, 0.1) is 23.3 Å². The van der Waals surface area contributed by atoms with Gasteiger partial charge in [-0.2, -0.15) is 13.2 Å². The molecule has 3 fully saturated rings. The van der Waals surface area contributed by atoms with Crippen molar-refractivity contribution >= 4 is 23.5 Å². The summed E-state index contributed by atoms with van der Waals surface area (Å²) in [7, 11) is 0. The Bertz CT molecular complexity index is 1120. The maximum atomic E-state index is 13.2. The summed E-state index contributed by atoms with van der Waals surface area (Å²) in [5.41, 5.74) is 0.386. The van der Waals surface area contributed by atoms with Gasteiger partial charge in [0.1, 0.15) is 6.04 Å². The Morgan fingerprint density at radius 3 is 2.52 bits per heavy atom. The fraction of sp³-hybridized carbons (Fsp3) is 0.318. The molecule has 0 N–H and O–H groups in total. The number of amides is 4. The third kappa shape index (κ3) is 2.90. The average Bonchev–Trinajstić information content (AvgIpc) is 3.38. The van der Waals surface area contributed by atoms with Crippen LogP contribution in [0.1, 0.15) is 27.9 Å². The monoisotopic (exact) mass is 429 g/mol. The molecule has 31 heavy (non-hydrogen) atoms. The van der Waals surface area contributed by atoms with Gasteiger partial charge >= 0.3 is 12.2 Å². The first-order valence-electron chi connectivity index (χ1n) is 9.88. The van der Waals surface area contributed by atoms with Crippen LogP contribution in [0.15, 0.2) is 48.5 Å². The van der Waals surface area contributed by atoms with Crippen LogP contribution >= 0.6 is 0 Å². The number of halogens is 3. The first-order valence-corrected chi connectivity index (χ1v) is 9.88. The van der Waals surface area contributed by atoms with E-state index in [1.807, 2.05) is 13.0 Å². The molecule has 0 radical (unpaired) electrons. The molecule has 4 amide bonds. The molecule has 2 aromatic rings. The summed E-state index contributed by atoms with van der Waals surface area (Å²) in [5, 5.41) is 0. The molecule has 0 spiro atoms. The Morgan fingerprint density at radius 1 is 1.06 bits per heavy atom. The van der Waals surface area contributed by atoms with Crippen LogP contribution < -0.4 is 4.90 Å². The molecule has 2 aromatic carbocycles. The normalized spacial score (nSPS) is 24.9. The molecule has 3 heterocycles. The minimum Gasteiger partial charge on any atom is -0.331 e. The van der Waals surface area contributed by atoms with Gasteiger partial charge in [0, 0.05) is 12.1 Å². The average molecular weight is 429 g/mol. The number of carbonyl (C=O) groups is 3. The fourth-order valence-electron chi connectivity index (χ4n) is 4.89. The van der Waals surface area contributed by atoms with Gasteiger partial charge in [-0.05, 0) is 43.7 Å². The van der Waals surface area contributed by atoms with Crippen molar-refractivity contribution in [1.82, 2.24) is 9.80 Å². The zero-order valence-electron chi connectivity index (χ0n) is 16.5. The lowest BCUT2D eigenvalue weighted by Gasteiger charge is -2.35. The van der Waals surface area contributed by atoms with Gasteiger partial charge in [-0.3, -0.25) is 9.59 Å². The Balaban J connectivity index is 1.45. The van der Waals surface area contributed by atoms with Crippen LogP contribution in [0.2, 0.25) is 0 Å². The van der Waals surface area contributed by atoms with Gasteiger partial charge in [0.25, 0.3) is 11.8 Å². The van der Waals surface area contributed by atoms with Crippen molar-refractivity contribution in [2.45, 2.75) is 37.6 Å². The molecule has 0 aliphatic carbocycles. The van der Waals surface area contributed by atoms with Crippen molar-refractivity contribution in [1.29, 1.82) is 0 Å². The molecule has 0 aromatic heterocycles. The van der Waals surface area contributed by atoms with E-state index in [1.165, 1.54) is 17.0 Å². The van der Waals surface area contributed by atoms with Crippen molar-refractivity contribution in [3.8, 4) is 0 Å². The second-order valence-corrected chi connectivity index (χ2v) is 8.14. The lowest BCUT2D eigenvalue weighted by atomic mass is 10.1. The SMILES string of the molecule is Cc1cccc(C(=O)N2C[C@@H]3C[C@H]2[C@@H]2C(=O)N(c4cccc(C(F)(F)F)c4)C(=O)N32)c1. The van der Waals surface area contributed by atoms with Crippen LogP contribution in [-0.4, -0.2) is 52.3 Å². The van der Waals surface area contributed by atoms with Gasteiger partial charge in [-0.25, -0.2) is 9.69 Å². The molecular weight excluding hydrogens is 411 g/mol. The molecule has 6 nitrogen and oxygen atoms in total. The number of rotatable bonds is 2. The molecule has 5 rings (SSSR count). The number of urea groups is 1. The van der Waals surface area contributed by atoms with E-state index in [1.54, 1.807) is 23.1 Å². The first-order chi connectivity index (χ1) is 14.7. The summed E-state index contributed by atoms with van der Waals surface area (Å²) in [4.78, 5) is 43.0. The van der Waals surface area contributed by atoms with E-state index in [0.717, 1.165) is 22.6 Å². The number of hydrogen-bond donors (Lipinski definition) is 0. The molecule has 0 saturated carbocycles. The number of fused-ring (bicyclic) bond motifs is 5. The lowest BCUT2D eigenvalue weighted by Crippen LogP contribution is -2.54. The molecule has 2 bridgehead atoms. The Hall–Kier alpha value is -3.36. The molecule has 3 atom stereocenters. The lowest BCUT2D eigenvalue weighted by molar-refractivity contribution is -0.137. The van der Waals surface area contributed by atoms with E-state index in [9.17, 15) is 27.6 Å². The van der Waals surface area contributed by atoms with E-state index >= 15 is 0 Å². The number of anilines is 1. The zero-order valence-corrected chi connectivity index (χ0v) is 16.5. The number of piperazine rings is 1. The van der Waals surface area contributed by atoms with Gasteiger partial charge in [0.2, 0.25) is 0 Å². The Labute approximate surface area is 175 Å². The van der Waals surface area contributed by atoms with Crippen molar-refractivity contribution in [2.24, 2.45) is 0 Å². The highest BCUT2D eigenvalue weighted by Gasteiger charge is 2.63. The Kier molecular flexibility index (Phi) is 4.15. The summed E-state index contributed by atoms with van der Waals surface area (Å²) >= 11 is 0. The van der Waals surface area contributed by atoms with Crippen LogP contribution in [0.4, 0.5) is 23.7 Å². The number of benzene rings is 2. The quantitative estimate of drug-likeness (QED) is 0.688. The largest absolute Gasteiger partial charge is 0.416 e. The highest BCUT2D eigenvalue weighted by Crippen LogP contribution is 2.43. The van der Waals surface area contributed by atoms with Crippen LogP contribution in [0.5, 0.6) is 0 Å². The topological polar surface area (TPSA) is 60.9 Å². The molecule has 3 aliphatic rings. The Morgan fingerprint density at radius 2 is 1.81 bits per heavy atom. The summed E-state index contributed by atoms with van der Waals surface area (Å²) in [6.07, 6.45) is -4.11. The van der Waals surface area contributed by atoms with Gasteiger partial charge < -0.3 is 9.80 Å². The zero-order chi connectivity index (χ0) is 22.1. The number of carbonyl (C=O) groups excluding carboxylic acids is 3. The molecular formula is C22H18F3N3O3. The molecule has 160 valence electrons. The van der Waals surface area contributed by atoms with Crippen LogP contribution in [-0.2, 0) is 11.0 Å². The van der Waals surface area contributed by atoms with Gasteiger partial charge in [-0.15, -0.1) is 0 Å². The van der Waals surface area contributed by atoms with E-state index in [4.69, 9.17) is 0 Å². The summed E-state index contributed by atoms with van der Waals surface area (Å²) in [5.74, 6) is -0.813. The first kappa shape index (κ1) is 19.6. The highest BCUT2D eigenvalue weighted by atomic mass is 19.4. The smallest absolute Gasteiger partial charge is 0.331 e. The van der Waals surface area contributed by atoms with E-state index in [-0.39, 0.29) is 17.6 Å². The van der Waals surface area contributed by atoms with E-state index in [0.29, 0.717) is 18.5 Å². The number of likely N-dealkylation sites (tertiary alicyclic amines) is 1. The van der Waals surface area contributed by atoms with Crippen molar-refractivity contribution < 1.29 is 27.6 Å². The maximum absolute atomic E-state index is 13.2. The van der Waals surface area contributed by atoms with Gasteiger partial charge in [0.15, 0.2) is 0 Å². The number of nitrogens with zero attached hydrogens (tertiary/aromatic N) is 3. The summed E-state index contributed by atoms with van der Waals surface area (Å²) in [6.45, 7) is 2.17. The predicted molar refractivity (Wildman–Crippen MR) is 104 cm³/mol. The van der Waals surface area contributed by atoms with E-state index in [2.05, 4.69) is 0 Å². The third-order valence-corrected chi connectivity index (χ3v) is 6.22. The summed E-state index contributed by atoms with van der Waals surface area (Å²) < 4.78 is 39.3. The third-order valence-electron chi connectivity index (χ3n) is 6.22. The number of aryl methyl sites for hydroxylation is 1. The summed E-state index contributed by atoms with van der Waals surface area (Å²) in [6, 6.07) is 8.95. The van der Waals surface area contributed by atoms with Crippen LogP contribution in [0, 0.1) is 6.92 Å². The van der Waals surface area contributed by atoms with Crippen LogP contribution in [0.25, 0.3) is 0 Å². The van der Waals surface area contributed by atoms with Crippen molar-refractivity contribution in [2.75, 3.05) is 11.4 Å². The molecule has 0 unspecified atom stereocenters. The number of imide groups is 1. The van der Waals surface area contributed by atoms with Crippen LogP contribution in [0.3, 0.4) is 0 Å². The molecule has 3 saturated heterocycles. The minimum atomic E-state index is -4.59. The standard InChI is InChI=1S/C22H18F3N3O3/c1-12-4-2-5-13(8-12)19(29)26-11-16-10-17(26)18-20(30)28(21(31)27(16)18)15-7-3-6-14(9-15)22(23,24)25/h2-9,16-18H,10-11H2,1H3/t16-,17-,18+/m0/s1. The second kappa shape index (κ2) is 6.57.